The van der Waals surface area contributed by atoms with Crippen LogP contribution in [0.4, 0.5) is 0 Å². The summed E-state index contributed by atoms with van der Waals surface area (Å²) in [6.45, 7) is 1.78. The van der Waals surface area contributed by atoms with Gasteiger partial charge in [-0.15, -0.1) is 0 Å². The number of nitrogens with one attached hydrogen (secondary N) is 1. The Morgan fingerprint density at radius 2 is 1.86 bits per heavy atom. The summed E-state index contributed by atoms with van der Waals surface area (Å²) >= 11 is -0.0711. The summed E-state index contributed by atoms with van der Waals surface area (Å²) < 4.78 is 7.70. The Hall–Kier alpha value is -2.63. The zero-order valence-electron chi connectivity index (χ0n) is 15.4. The number of unbranched alkanes of at least 4 members (excludes halogenated alkanes) is 3. The van der Waals surface area contributed by atoms with Crippen molar-refractivity contribution in [1.29, 1.82) is 0 Å². The van der Waals surface area contributed by atoms with Gasteiger partial charge in [-0.25, -0.2) is 0 Å². The van der Waals surface area contributed by atoms with E-state index in [-0.39, 0.29) is 26.2 Å². The molecule has 0 aliphatic rings. The number of fused-ring (bicyclic) bond motifs is 1. The van der Waals surface area contributed by atoms with Gasteiger partial charge in [0, 0.05) is 0 Å². The Morgan fingerprint density at radius 3 is 2.64 bits per heavy atom. The van der Waals surface area contributed by atoms with Crippen LogP contribution in [-0.4, -0.2) is 37.2 Å². The summed E-state index contributed by atoms with van der Waals surface area (Å²) in [5.41, 5.74) is 0.737. The van der Waals surface area contributed by atoms with Crippen molar-refractivity contribution in [2.75, 3.05) is 6.54 Å². The van der Waals surface area contributed by atoms with E-state index in [9.17, 15) is 14.4 Å². The van der Waals surface area contributed by atoms with Gasteiger partial charge >= 0.3 is 163 Å². The molecule has 0 aliphatic carbocycles. The van der Waals surface area contributed by atoms with Crippen LogP contribution in [-0.2, 0) is 11.3 Å². The first-order chi connectivity index (χ1) is 13.7. The number of benzene rings is 2. The molecule has 0 fully saturated rings. The van der Waals surface area contributed by atoms with Gasteiger partial charge in [0.2, 0.25) is 0 Å². The van der Waals surface area contributed by atoms with E-state index in [0.717, 1.165) is 36.5 Å². The van der Waals surface area contributed by atoms with Crippen LogP contribution >= 0.6 is 0 Å². The van der Waals surface area contributed by atoms with Crippen molar-refractivity contribution in [3.05, 3.63) is 64.4 Å². The van der Waals surface area contributed by atoms with Crippen molar-refractivity contribution in [2.45, 2.75) is 32.2 Å². The van der Waals surface area contributed by atoms with Crippen LogP contribution in [0.15, 0.2) is 53.3 Å². The molecule has 28 heavy (non-hydrogen) atoms. The van der Waals surface area contributed by atoms with E-state index in [4.69, 9.17) is 4.74 Å². The van der Waals surface area contributed by atoms with Crippen LogP contribution in [0.3, 0.4) is 0 Å². The minimum absolute atomic E-state index is 0.0401. The SMILES string of the molecule is O=COc1ccc2c(=O)n(CCCCCCNC(=O)c3ccccc3)[se]c2c1. The molecule has 0 aliphatic heterocycles. The van der Waals surface area contributed by atoms with E-state index < -0.39 is 0 Å². The summed E-state index contributed by atoms with van der Waals surface area (Å²) in [5.74, 6) is 0.435. The Kier molecular flexibility index (Phi) is 7.23. The fourth-order valence-corrected chi connectivity index (χ4v) is 5.18. The van der Waals surface area contributed by atoms with Crippen molar-refractivity contribution >= 4 is 36.8 Å². The molecule has 146 valence electrons. The number of hydrogen-bond acceptors (Lipinski definition) is 4. The molecule has 3 aromatic rings. The normalized spacial score (nSPS) is 10.7. The van der Waals surface area contributed by atoms with Gasteiger partial charge in [0.15, 0.2) is 0 Å². The van der Waals surface area contributed by atoms with Crippen molar-refractivity contribution in [3.8, 4) is 5.75 Å². The third-order valence-corrected chi connectivity index (χ3v) is 6.73. The first-order valence-corrected chi connectivity index (χ1v) is 10.9. The van der Waals surface area contributed by atoms with Crippen LogP contribution in [0.25, 0.3) is 9.65 Å². The number of aromatic nitrogens is 1. The standard InChI is InChI=1S/C21H22N2O4Se/c24-15-27-17-10-11-18-19(14-17)28-23(21(18)26)13-7-2-1-6-12-22-20(25)16-8-4-3-5-9-16/h3-5,8-11,14-15H,1-2,6-7,12-13H2,(H,22,25). The molecule has 1 aromatic heterocycles. The number of nitrogens with zero attached hydrogens (tertiary/aromatic N) is 1. The number of amides is 1. The molecule has 0 spiro atoms. The molecule has 0 atom stereocenters. The third kappa shape index (κ3) is 5.21. The van der Waals surface area contributed by atoms with Crippen LogP contribution in [0.1, 0.15) is 36.0 Å². The quantitative estimate of drug-likeness (QED) is 0.296. The fourth-order valence-electron chi connectivity index (χ4n) is 2.95. The van der Waals surface area contributed by atoms with E-state index in [1.54, 1.807) is 30.3 Å². The first kappa shape index (κ1) is 20.1. The summed E-state index contributed by atoms with van der Waals surface area (Å²) in [5, 5.41) is 3.64. The third-order valence-electron chi connectivity index (χ3n) is 4.41. The van der Waals surface area contributed by atoms with Crippen molar-refractivity contribution in [2.24, 2.45) is 0 Å². The molecular formula is C21H22N2O4Se. The van der Waals surface area contributed by atoms with Crippen molar-refractivity contribution in [1.82, 2.24) is 8.88 Å². The van der Waals surface area contributed by atoms with E-state index in [1.165, 1.54) is 0 Å². The minimum atomic E-state index is -0.0711. The monoisotopic (exact) mass is 446 g/mol. The van der Waals surface area contributed by atoms with E-state index >= 15 is 0 Å². The predicted octanol–water partition coefficient (Wildman–Crippen LogP) is 2.58. The fraction of sp³-hybridized carbons (Fsp3) is 0.286. The Bertz CT molecular complexity index is 995. The van der Waals surface area contributed by atoms with Crippen molar-refractivity contribution in [3.63, 3.8) is 0 Å². The van der Waals surface area contributed by atoms with Gasteiger partial charge in [-0.3, -0.25) is 0 Å². The molecular weight excluding hydrogens is 423 g/mol. The Morgan fingerprint density at radius 1 is 1.07 bits per heavy atom. The molecule has 0 saturated carbocycles. The molecule has 0 saturated heterocycles. The van der Waals surface area contributed by atoms with Gasteiger partial charge < -0.3 is 0 Å². The van der Waals surface area contributed by atoms with Crippen LogP contribution in [0, 0.1) is 0 Å². The summed E-state index contributed by atoms with van der Waals surface area (Å²) in [6.07, 6.45) is 3.88. The average Bonchev–Trinajstić information content (AvgIpc) is 3.03. The predicted molar refractivity (Wildman–Crippen MR) is 109 cm³/mol. The Balaban J connectivity index is 1.39. The molecule has 7 heteroatoms. The zero-order valence-corrected chi connectivity index (χ0v) is 17.1. The molecule has 6 nitrogen and oxygen atoms in total. The van der Waals surface area contributed by atoms with Gasteiger partial charge in [-0.2, -0.15) is 0 Å². The first-order valence-electron chi connectivity index (χ1n) is 9.26. The van der Waals surface area contributed by atoms with E-state index in [1.807, 2.05) is 21.8 Å². The molecule has 3 rings (SSSR count). The number of carbonyl (C=O) groups is 2. The summed E-state index contributed by atoms with van der Waals surface area (Å²) in [7, 11) is 0. The number of rotatable bonds is 10. The molecule has 2 aromatic carbocycles. The second kappa shape index (κ2) is 10.1. The Labute approximate surface area is 169 Å². The zero-order chi connectivity index (χ0) is 19.8. The number of aryl methyl sites for hydroxylation is 1. The number of hydrogen-bond donors (Lipinski definition) is 1. The van der Waals surface area contributed by atoms with Gasteiger partial charge in [-0.05, 0) is 0 Å². The second-order valence-electron chi connectivity index (χ2n) is 6.41. The molecule has 0 radical (unpaired) electrons. The molecule has 0 bridgehead atoms. The molecule has 1 N–H and O–H groups in total. The molecule has 1 amide bonds. The van der Waals surface area contributed by atoms with Gasteiger partial charge in [-0.1, -0.05) is 6.07 Å². The van der Waals surface area contributed by atoms with Crippen molar-refractivity contribution < 1.29 is 14.3 Å². The topological polar surface area (TPSA) is 77.4 Å². The van der Waals surface area contributed by atoms with E-state index in [2.05, 4.69) is 5.32 Å². The maximum absolute atomic E-state index is 12.4. The van der Waals surface area contributed by atoms with Crippen LogP contribution in [0.5, 0.6) is 5.75 Å². The van der Waals surface area contributed by atoms with Crippen LogP contribution < -0.4 is 15.6 Å². The summed E-state index contributed by atoms with van der Waals surface area (Å²) in [6, 6.07) is 14.3. The van der Waals surface area contributed by atoms with Gasteiger partial charge in [0.1, 0.15) is 0 Å². The second-order valence-corrected chi connectivity index (χ2v) is 8.64. The number of carbonyl (C=O) groups excluding carboxylic acids is 2. The van der Waals surface area contributed by atoms with Gasteiger partial charge in [0.05, 0.1) is 0 Å². The molecule has 0 unspecified atom stereocenters. The molecule has 1 heterocycles. The van der Waals surface area contributed by atoms with Crippen LogP contribution in [0.2, 0.25) is 0 Å². The summed E-state index contributed by atoms with van der Waals surface area (Å²) in [4.78, 5) is 34.8. The maximum atomic E-state index is 12.4. The van der Waals surface area contributed by atoms with Gasteiger partial charge in [0.25, 0.3) is 0 Å². The van der Waals surface area contributed by atoms with E-state index in [0.29, 0.717) is 29.7 Å². The average molecular weight is 445 g/mol. The number of ether oxygens (including phenoxy) is 1.